The third kappa shape index (κ3) is 2.71. The summed E-state index contributed by atoms with van der Waals surface area (Å²) in [6.07, 6.45) is 0.918. The number of hydrogen-bond donors (Lipinski definition) is 2. The van der Waals surface area contributed by atoms with Crippen molar-refractivity contribution in [1.82, 2.24) is 14.9 Å². The van der Waals surface area contributed by atoms with E-state index in [1.54, 1.807) is 6.07 Å². The Morgan fingerprint density at radius 3 is 3.24 bits per heavy atom. The Morgan fingerprint density at radius 2 is 2.47 bits per heavy atom. The van der Waals surface area contributed by atoms with Crippen LogP contribution in [0.4, 0.5) is 0 Å². The van der Waals surface area contributed by atoms with Crippen LogP contribution in [0.15, 0.2) is 22.6 Å². The van der Waals surface area contributed by atoms with E-state index >= 15 is 0 Å². The van der Waals surface area contributed by atoms with E-state index in [1.165, 1.54) is 22.2 Å². The lowest BCUT2D eigenvalue weighted by molar-refractivity contribution is 0.151. The predicted octanol–water partition coefficient (Wildman–Crippen LogP) is 0.428. The van der Waals surface area contributed by atoms with Crippen LogP contribution in [-0.2, 0) is 6.54 Å². The van der Waals surface area contributed by atoms with Crippen molar-refractivity contribution < 1.29 is 5.11 Å². The summed E-state index contributed by atoms with van der Waals surface area (Å²) in [5.74, 6) is 0. The van der Waals surface area contributed by atoms with Gasteiger partial charge in [-0.15, -0.1) is 11.3 Å². The molecule has 6 heteroatoms. The molecular formula is C11H15N3O2S. The smallest absolute Gasteiger partial charge is 0.262 e. The molecule has 0 saturated carbocycles. The molecule has 1 unspecified atom stereocenters. The lowest BCUT2D eigenvalue weighted by atomic mass is 10.3. The molecule has 92 valence electrons. The second-order valence-corrected chi connectivity index (χ2v) is 4.70. The lowest BCUT2D eigenvalue weighted by Gasteiger charge is -2.12. The monoisotopic (exact) mass is 253 g/mol. The van der Waals surface area contributed by atoms with Crippen molar-refractivity contribution in [3.63, 3.8) is 0 Å². The number of likely N-dealkylation sites (N-methyl/N-ethyl adjacent to an activating group) is 1. The standard InChI is InChI=1S/C11H15N3O2S/c1-2-12-5-8(15)6-14-7-13-10-9(11(14)16)3-4-17-10/h3-4,7-8,12,15H,2,5-6H2,1H3. The number of rotatable bonds is 5. The van der Waals surface area contributed by atoms with Crippen LogP contribution in [0.25, 0.3) is 10.2 Å². The molecule has 2 N–H and O–H groups in total. The summed E-state index contributed by atoms with van der Waals surface area (Å²) in [4.78, 5) is 16.9. The largest absolute Gasteiger partial charge is 0.390 e. The third-order valence-electron chi connectivity index (χ3n) is 2.49. The lowest BCUT2D eigenvalue weighted by Crippen LogP contribution is -2.33. The number of aliphatic hydroxyl groups excluding tert-OH is 1. The molecular weight excluding hydrogens is 238 g/mol. The molecule has 2 aromatic rings. The Kier molecular flexibility index (Phi) is 3.88. The second-order valence-electron chi connectivity index (χ2n) is 3.80. The molecule has 5 nitrogen and oxygen atoms in total. The van der Waals surface area contributed by atoms with Gasteiger partial charge in [0, 0.05) is 6.54 Å². The highest BCUT2D eigenvalue weighted by Gasteiger charge is 2.09. The molecule has 0 aliphatic carbocycles. The number of hydrogen-bond acceptors (Lipinski definition) is 5. The molecule has 0 fully saturated rings. The van der Waals surface area contributed by atoms with Gasteiger partial charge >= 0.3 is 0 Å². The Morgan fingerprint density at radius 1 is 1.65 bits per heavy atom. The summed E-state index contributed by atoms with van der Waals surface area (Å²) in [5, 5.41) is 15.2. The van der Waals surface area contributed by atoms with Gasteiger partial charge in [0.1, 0.15) is 4.83 Å². The number of nitrogens with zero attached hydrogens (tertiary/aromatic N) is 2. The van der Waals surface area contributed by atoms with Crippen molar-refractivity contribution >= 4 is 21.6 Å². The van der Waals surface area contributed by atoms with Gasteiger partial charge in [-0.1, -0.05) is 6.92 Å². The number of nitrogens with one attached hydrogen (secondary N) is 1. The van der Waals surface area contributed by atoms with E-state index in [1.807, 2.05) is 12.3 Å². The van der Waals surface area contributed by atoms with E-state index in [-0.39, 0.29) is 12.1 Å². The zero-order chi connectivity index (χ0) is 12.3. The van der Waals surface area contributed by atoms with E-state index in [2.05, 4.69) is 10.3 Å². The van der Waals surface area contributed by atoms with Crippen LogP contribution in [0.3, 0.4) is 0 Å². The minimum atomic E-state index is -0.578. The Hall–Kier alpha value is -1.24. The van der Waals surface area contributed by atoms with Gasteiger partial charge in [-0.2, -0.15) is 0 Å². The molecule has 0 aliphatic heterocycles. The molecule has 0 aromatic carbocycles. The average molecular weight is 253 g/mol. The first-order valence-electron chi connectivity index (χ1n) is 5.53. The zero-order valence-corrected chi connectivity index (χ0v) is 10.4. The van der Waals surface area contributed by atoms with E-state index in [0.29, 0.717) is 11.9 Å². The van der Waals surface area contributed by atoms with Gasteiger partial charge in [0.15, 0.2) is 0 Å². The first-order valence-corrected chi connectivity index (χ1v) is 6.41. The fourth-order valence-electron chi connectivity index (χ4n) is 1.63. The van der Waals surface area contributed by atoms with Gasteiger partial charge in [0.05, 0.1) is 24.4 Å². The Balaban J connectivity index is 2.18. The second kappa shape index (κ2) is 5.39. The summed E-state index contributed by atoms with van der Waals surface area (Å²) in [7, 11) is 0. The third-order valence-corrected chi connectivity index (χ3v) is 3.31. The van der Waals surface area contributed by atoms with E-state index < -0.39 is 6.10 Å². The average Bonchev–Trinajstić information content (AvgIpc) is 2.79. The van der Waals surface area contributed by atoms with Crippen molar-refractivity contribution in [3.8, 4) is 0 Å². The fourth-order valence-corrected chi connectivity index (χ4v) is 2.35. The van der Waals surface area contributed by atoms with Gasteiger partial charge in [0.25, 0.3) is 5.56 Å². The minimum absolute atomic E-state index is 0.0909. The number of aliphatic hydroxyl groups is 1. The van der Waals surface area contributed by atoms with Crippen LogP contribution in [-0.4, -0.2) is 33.9 Å². The fraction of sp³-hybridized carbons (Fsp3) is 0.455. The summed E-state index contributed by atoms with van der Waals surface area (Å²) < 4.78 is 1.46. The number of aromatic nitrogens is 2. The molecule has 2 aromatic heterocycles. The van der Waals surface area contributed by atoms with Gasteiger partial charge in [-0.25, -0.2) is 4.98 Å². The first kappa shape index (κ1) is 12.2. The highest BCUT2D eigenvalue weighted by Crippen LogP contribution is 2.13. The Labute approximate surface area is 103 Å². The maximum Gasteiger partial charge on any atom is 0.262 e. The molecule has 2 rings (SSSR count). The maximum absolute atomic E-state index is 12.0. The van der Waals surface area contributed by atoms with Gasteiger partial charge < -0.3 is 10.4 Å². The first-order chi connectivity index (χ1) is 8.22. The van der Waals surface area contributed by atoms with Crippen LogP contribution in [0, 0.1) is 0 Å². The quantitative estimate of drug-likeness (QED) is 0.811. The molecule has 0 amide bonds. The minimum Gasteiger partial charge on any atom is -0.390 e. The van der Waals surface area contributed by atoms with Crippen LogP contribution in [0.2, 0.25) is 0 Å². The van der Waals surface area contributed by atoms with Crippen LogP contribution in [0.1, 0.15) is 6.92 Å². The molecule has 0 bridgehead atoms. The highest BCUT2D eigenvalue weighted by molar-refractivity contribution is 7.16. The van der Waals surface area contributed by atoms with Crippen molar-refractivity contribution in [2.75, 3.05) is 13.1 Å². The van der Waals surface area contributed by atoms with Gasteiger partial charge in [-0.05, 0) is 18.0 Å². The topological polar surface area (TPSA) is 67.2 Å². The zero-order valence-electron chi connectivity index (χ0n) is 9.59. The molecule has 2 heterocycles. The van der Waals surface area contributed by atoms with Crippen LogP contribution >= 0.6 is 11.3 Å². The summed E-state index contributed by atoms with van der Waals surface area (Å²) >= 11 is 1.44. The molecule has 0 aliphatic rings. The summed E-state index contributed by atoms with van der Waals surface area (Å²) in [6.45, 7) is 3.51. The van der Waals surface area contributed by atoms with Gasteiger partial charge in [-0.3, -0.25) is 9.36 Å². The van der Waals surface area contributed by atoms with E-state index in [0.717, 1.165) is 11.4 Å². The highest BCUT2D eigenvalue weighted by atomic mass is 32.1. The molecule has 0 spiro atoms. The van der Waals surface area contributed by atoms with Crippen molar-refractivity contribution in [1.29, 1.82) is 0 Å². The summed E-state index contributed by atoms with van der Waals surface area (Å²) in [6, 6.07) is 1.77. The van der Waals surface area contributed by atoms with Gasteiger partial charge in [0.2, 0.25) is 0 Å². The maximum atomic E-state index is 12.0. The SMILES string of the molecule is CCNCC(O)Cn1cnc2sccc2c1=O. The Bertz CT molecular complexity index is 549. The van der Waals surface area contributed by atoms with Crippen molar-refractivity contribution in [3.05, 3.63) is 28.1 Å². The predicted molar refractivity (Wildman–Crippen MR) is 68.4 cm³/mol. The van der Waals surface area contributed by atoms with E-state index in [9.17, 15) is 9.90 Å². The number of fused-ring (bicyclic) bond motifs is 1. The molecule has 17 heavy (non-hydrogen) atoms. The van der Waals surface area contributed by atoms with Crippen LogP contribution < -0.4 is 10.9 Å². The van der Waals surface area contributed by atoms with Crippen molar-refractivity contribution in [2.24, 2.45) is 0 Å². The van der Waals surface area contributed by atoms with E-state index in [4.69, 9.17) is 0 Å². The molecule has 1 atom stereocenters. The molecule has 0 radical (unpaired) electrons. The summed E-state index contributed by atoms with van der Waals surface area (Å²) in [5.41, 5.74) is -0.0909. The number of thiophene rings is 1. The van der Waals surface area contributed by atoms with Crippen molar-refractivity contribution in [2.45, 2.75) is 19.6 Å². The molecule has 0 saturated heterocycles. The normalized spacial score (nSPS) is 13.1. The van der Waals surface area contributed by atoms with Crippen LogP contribution in [0.5, 0.6) is 0 Å².